The van der Waals surface area contributed by atoms with Crippen molar-refractivity contribution < 1.29 is 71.4 Å². The SMILES string of the molecule is C=C(C)C(=O)OC1OCC(OC2OCC(OC(C)=O)C(OC(C)=O)C2OC(C)=O)C(OC(C)=O)C1OC(C)=O. The summed E-state index contributed by atoms with van der Waals surface area (Å²) in [5.41, 5.74) is 0.0289. The molecule has 8 unspecified atom stereocenters. The molecule has 2 fully saturated rings. The van der Waals surface area contributed by atoms with E-state index in [9.17, 15) is 28.8 Å². The van der Waals surface area contributed by atoms with Crippen LogP contribution in [-0.4, -0.2) is 98.2 Å². The van der Waals surface area contributed by atoms with Gasteiger partial charge in [0.1, 0.15) is 6.10 Å². The maximum atomic E-state index is 12.1. The molecule has 2 aliphatic heterocycles. The van der Waals surface area contributed by atoms with Gasteiger partial charge in [-0.25, -0.2) is 4.79 Å². The first-order chi connectivity index (χ1) is 18.2. The lowest BCUT2D eigenvalue weighted by molar-refractivity contribution is -0.328. The topological polar surface area (TPSA) is 185 Å². The van der Waals surface area contributed by atoms with Crippen LogP contribution in [0.2, 0.25) is 0 Å². The van der Waals surface area contributed by atoms with E-state index in [1.165, 1.54) is 6.92 Å². The summed E-state index contributed by atoms with van der Waals surface area (Å²) in [5.74, 6) is -4.76. The highest BCUT2D eigenvalue weighted by atomic mass is 16.8. The van der Waals surface area contributed by atoms with E-state index < -0.39 is 85.0 Å². The van der Waals surface area contributed by atoms with Gasteiger partial charge >= 0.3 is 35.8 Å². The van der Waals surface area contributed by atoms with Gasteiger partial charge in [0.25, 0.3) is 0 Å². The number of carbonyl (C=O) groups is 6. The summed E-state index contributed by atoms with van der Waals surface area (Å²) >= 11 is 0. The molecule has 0 aliphatic carbocycles. The first-order valence-electron chi connectivity index (χ1n) is 11.8. The van der Waals surface area contributed by atoms with Crippen molar-refractivity contribution in [3.8, 4) is 0 Å². The number of esters is 6. The molecule has 0 radical (unpaired) electrons. The lowest BCUT2D eigenvalue weighted by atomic mass is 10.0. The van der Waals surface area contributed by atoms with Crippen molar-refractivity contribution >= 4 is 35.8 Å². The van der Waals surface area contributed by atoms with Crippen molar-refractivity contribution in [3.05, 3.63) is 12.2 Å². The summed E-state index contributed by atoms with van der Waals surface area (Å²) < 4.78 is 48.7. The van der Waals surface area contributed by atoms with Crippen LogP contribution in [0.5, 0.6) is 0 Å². The van der Waals surface area contributed by atoms with Gasteiger partial charge in [-0.3, -0.25) is 24.0 Å². The zero-order valence-electron chi connectivity index (χ0n) is 22.4. The number of hydrogen-bond acceptors (Lipinski definition) is 15. The van der Waals surface area contributed by atoms with E-state index in [1.807, 2.05) is 0 Å². The van der Waals surface area contributed by atoms with Gasteiger partial charge in [0, 0.05) is 40.2 Å². The summed E-state index contributed by atoms with van der Waals surface area (Å²) in [7, 11) is 0. The molecule has 2 rings (SSSR count). The molecule has 2 saturated heterocycles. The predicted molar refractivity (Wildman–Crippen MR) is 123 cm³/mol. The average molecular weight is 561 g/mol. The second kappa shape index (κ2) is 14.0. The van der Waals surface area contributed by atoms with E-state index in [2.05, 4.69) is 6.58 Å². The van der Waals surface area contributed by atoms with Crippen molar-refractivity contribution in [1.82, 2.24) is 0 Å². The average Bonchev–Trinajstić information content (AvgIpc) is 2.79. The second-order valence-electron chi connectivity index (χ2n) is 8.71. The number of hydrogen-bond donors (Lipinski definition) is 0. The predicted octanol–water partition coefficient (Wildman–Crippen LogP) is -0.138. The number of carbonyl (C=O) groups excluding carboxylic acids is 6. The van der Waals surface area contributed by atoms with Crippen molar-refractivity contribution in [1.29, 1.82) is 0 Å². The Labute approximate surface area is 223 Å². The standard InChI is InChI=1S/C24H32O15/c1-10(2)22(30)39-24-21(37-15(7)29)19(35-13(5)27)17(9-32-24)38-23-20(36-14(6)28)18(34-12(4)26)16(8-31-23)33-11(3)25/h16-21,23-24H,1,8-9H2,2-7H3. The fraction of sp³-hybridized carbons (Fsp3) is 0.667. The maximum Gasteiger partial charge on any atom is 0.335 e. The van der Waals surface area contributed by atoms with Crippen LogP contribution in [-0.2, 0) is 71.4 Å². The Morgan fingerprint density at radius 1 is 0.538 bits per heavy atom. The Morgan fingerprint density at radius 2 is 0.923 bits per heavy atom. The number of ether oxygens (including phenoxy) is 9. The van der Waals surface area contributed by atoms with E-state index >= 15 is 0 Å². The molecule has 218 valence electrons. The third kappa shape index (κ3) is 9.30. The van der Waals surface area contributed by atoms with Crippen molar-refractivity contribution in [2.75, 3.05) is 13.2 Å². The fourth-order valence-electron chi connectivity index (χ4n) is 3.82. The molecule has 2 heterocycles. The summed E-state index contributed by atoms with van der Waals surface area (Å²) in [5, 5.41) is 0. The third-order valence-electron chi connectivity index (χ3n) is 5.17. The molecule has 0 amide bonds. The van der Waals surface area contributed by atoms with Gasteiger partial charge in [-0.1, -0.05) is 6.58 Å². The zero-order chi connectivity index (χ0) is 29.4. The molecule has 0 aromatic heterocycles. The minimum absolute atomic E-state index is 0.0289. The lowest BCUT2D eigenvalue weighted by Gasteiger charge is -2.44. The van der Waals surface area contributed by atoms with Crippen molar-refractivity contribution in [2.24, 2.45) is 0 Å². The van der Waals surface area contributed by atoms with Gasteiger partial charge in [0.05, 0.1) is 13.2 Å². The quantitative estimate of drug-likeness (QED) is 0.206. The molecule has 15 nitrogen and oxygen atoms in total. The highest BCUT2D eigenvalue weighted by Gasteiger charge is 2.53. The normalized spacial score (nSPS) is 30.2. The molecule has 15 heteroatoms. The van der Waals surface area contributed by atoms with E-state index in [-0.39, 0.29) is 18.8 Å². The molecular formula is C24H32O15. The Kier molecular flexibility index (Phi) is 11.4. The smallest absolute Gasteiger partial charge is 0.335 e. The largest absolute Gasteiger partial charge is 0.456 e. The molecule has 39 heavy (non-hydrogen) atoms. The van der Waals surface area contributed by atoms with Gasteiger partial charge in [-0.15, -0.1) is 0 Å². The van der Waals surface area contributed by atoms with Crippen LogP contribution in [0, 0.1) is 0 Å². The molecule has 0 aromatic rings. The fourth-order valence-corrected chi connectivity index (χ4v) is 3.82. The van der Waals surface area contributed by atoms with Gasteiger partial charge in [0.2, 0.25) is 12.4 Å². The number of rotatable bonds is 9. The van der Waals surface area contributed by atoms with E-state index in [0.717, 1.165) is 34.6 Å². The molecule has 8 atom stereocenters. The third-order valence-corrected chi connectivity index (χ3v) is 5.17. The van der Waals surface area contributed by atoms with Crippen LogP contribution in [0.3, 0.4) is 0 Å². The summed E-state index contributed by atoms with van der Waals surface area (Å²) in [6.45, 7) is 9.62. The summed E-state index contributed by atoms with van der Waals surface area (Å²) in [6.07, 6.45) is -11.0. The van der Waals surface area contributed by atoms with Gasteiger partial charge in [-0.05, 0) is 6.92 Å². The molecular weight excluding hydrogens is 528 g/mol. The monoisotopic (exact) mass is 560 g/mol. The Balaban J connectivity index is 2.40. The summed E-state index contributed by atoms with van der Waals surface area (Å²) in [4.78, 5) is 71.2. The zero-order valence-corrected chi connectivity index (χ0v) is 22.4. The van der Waals surface area contributed by atoms with Crippen LogP contribution < -0.4 is 0 Å². The highest BCUT2D eigenvalue weighted by Crippen LogP contribution is 2.31. The summed E-state index contributed by atoms with van der Waals surface area (Å²) in [6, 6.07) is 0. The van der Waals surface area contributed by atoms with Crippen molar-refractivity contribution in [2.45, 2.75) is 90.7 Å². The van der Waals surface area contributed by atoms with E-state index in [1.54, 1.807) is 0 Å². The Morgan fingerprint density at radius 3 is 1.38 bits per heavy atom. The molecule has 0 bridgehead atoms. The van der Waals surface area contributed by atoms with E-state index in [4.69, 9.17) is 42.6 Å². The van der Waals surface area contributed by atoms with Crippen LogP contribution in [0.25, 0.3) is 0 Å². The highest BCUT2D eigenvalue weighted by molar-refractivity contribution is 5.87. The minimum atomic E-state index is -1.50. The maximum absolute atomic E-state index is 12.1. The lowest BCUT2D eigenvalue weighted by Crippen LogP contribution is -2.62. The first kappa shape index (κ1) is 31.7. The van der Waals surface area contributed by atoms with Crippen LogP contribution in [0.1, 0.15) is 41.5 Å². The van der Waals surface area contributed by atoms with Gasteiger partial charge in [-0.2, -0.15) is 0 Å². The van der Waals surface area contributed by atoms with Gasteiger partial charge in [0.15, 0.2) is 30.7 Å². The minimum Gasteiger partial charge on any atom is -0.456 e. The van der Waals surface area contributed by atoms with E-state index in [0.29, 0.717) is 0 Å². The molecule has 0 spiro atoms. The van der Waals surface area contributed by atoms with Crippen LogP contribution >= 0.6 is 0 Å². The first-order valence-corrected chi connectivity index (χ1v) is 11.8. The Bertz CT molecular complexity index is 975. The molecule has 0 aromatic carbocycles. The van der Waals surface area contributed by atoms with Crippen molar-refractivity contribution in [3.63, 3.8) is 0 Å². The van der Waals surface area contributed by atoms with Gasteiger partial charge < -0.3 is 42.6 Å². The van der Waals surface area contributed by atoms with Crippen LogP contribution in [0.15, 0.2) is 12.2 Å². The van der Waals surface area contributed by atoms with Crippen LogP contribution in [0.4, 0.5) is 0 Å². The molecule has 0 N–H and O–H groups in total. The molecule has 0 saturated carbocycles. The second-order valence-corrected chi connectivity index (χ2v) is 8.71. The molecule has 2 aliphatic rings. The Hall–Kier alpha value is -3.56.